The molecule has 5 heterocycles. The molecule has 5 rings (SSSR count). The summed E-state index contributed by atoms with van der Waals surface area (Å²) >= 11 is 0. The van der Waals surface area contributed by atoms with Crippen LogP contribution in [0.4, 0.5) is 5.82 Å². The summed E-state index contributed by atoms with van der Waals surface area (Å²) in [6.07, 6.45) is 10.2. The van der Waals surface area contributed by atoms with Gasteiger partial charge in [-0.05, 0) is 30.7 Å². The number of rotatable bonds is 10. The molecule has 1 aliphatic rings. The Labute approximate surface area is 239 Å². The minimum atomic E-state index is -0.178. The van der Waals surface area contributed by atoms with Gasteiger partial charge in [-0.3, -0.25) is 9.69 Å². The molecule has 0 atom stereocenters. The molecule has 11 heteroatoms. The Morgan fingerprint density at radius 1 is 1.10 bits per heavy atom. The lowest BCUT2D eigenvalue weighted by molar-refractivity contribution is 0.0957. The van der Waals surface area contributed by atoms with Gasteiger partial charge >= 0.3 is 0 Å². The second-order valence-corrected chi connectivity index (χ2v) is 9.76. The highest BCUT2D eigenvalue weighted by Gasteiger charge is 2.21. The van der Waals surface area contributed by atoms with Crippen molar-refractivity contribution in [1.29, 1.82) is 5.41 Å². The second kappa shape index (κ2) is 12.6. The van der Waals surface area contributed by atoms with E-state index < -0.39 is 0 Å². The zero-order valence-electron chi connectivity index (χ0n) is 23.6. The molecule has 0 saturated carbocycles. The van der Waals surface area contributed by atoms with Crippen LogP contribution < -0.4 is 20.3 Å². The average molecular weight is 554 g/mol. The number of amides is 1. The van der Waals surface area contributed by atoms with Crippen LogP contribution >= 0.6 is 0 Å². The lowest BCUT2D eigenvalue weighted by Gasteiger charge is -2.35. The Hall–Kier alpha value is -4.77. The van der Waals surface area contributed by atoms with Crippen LogP contribution in [0.1, 0.15) is 28.4 Å². The van der Waals surface area contributed by atoms with Crippen LogP contribution in [-0.2, 0) is 6.54 Å². The first-order valence-electron chi connectivity index (χ1n) is 13.6. The third-order valence-electron chi connectivity index (χ3n) is 7.15. The van der Waals surface area contributed by atoms with Gasteiger partial charge in [0, 0.05) is 106 Å². The third kappa shape index (κ3) is 6.04. The summed E-state index contributed by atoms with van der Waals surface area (Å²) in [5.41, 5.74) is 5.54. The topological polar surface area (TPSA) is 124 Å². The molecule has 0 bridgehead atoms. The van der Waals surface area contributed by atoms with Gasteiger partial charge in [0.1, 0.15) is 5.82 Å². The molecule has 1 amide bonds. The number of hydrogen-bond acceptors (Lipinski definition) is 9. The molecule has 1 fully saturated rings. The smallest absolute Gasteiger partial charge is 0.255 e. The van der Waals surface area contributed by atoms with Gasteiger partial charge in [0.2, 0.25) is 5.88 Å². The number of ether oxygens (including phenoxy) is 1. The fourth-order valence-electron chi connectivity index (χ4n) is 5.04. The van der Waals surface area contributed by atoms with E-state index in [2.05, 4.69) is 36.6 Å². The number of allylic oxidation sites excluding steroid dienone is 1. The molecule has 0 unspecified atom stereocenters. The average Bonchev–Trinajstić information content (AvgIpc) is 3.45. The Morgan fingerprint density at radius 2 is 1.93 bits per heavy atom. The molecule has 212 valence electrons. The van der Waals surface area contributed by atoms with Gasteiger partial charge in [0.15, 0.2) is 0 Å². The van der Waals surface area contributed by atoms with E-state index in [4.69, 9.17) is 15.1 Å². The number of methoxy groups -OCH3 is 1. The number of nitrogens with zero attached hydrogens (tertiary/aromatic N) is 6. The molecule has 41 heavy (non-hydrogen) atoms. The van der Waals surface area contributed by atoms with Crippen LogP contribution in [0.25, 0.3) is 22.2 Å². The predicted octanol–water partition coefficient (Wildman–Crippen LogP) is 3.08. The summed E-state index contributed by atoms with van der Waals surface area (Å²) in [4.78, 5) is 26.7. The molecule has 11 nitrogen and oxygen atoms in total. The highest BCUT2D eigenvalue weighted by Crippen LogP contribution is 2.31. The van der Waals surface area contributed by atoms with E-state index in [9.17, 15) is 4.79 Å². The molecular formula is C30H35N9O2. The molecule has 4 aromatic rings. The summed E-state index contributed by atoms with van der Waals surface area (Å²) in [5.74, 6) is 1.36. The zero-order chi connectivity index (χ0) is 28.8. The molecule has 0 radical (unpaired) electrons. The quantitative estimate of drug-likeness (QED) is 0.256. The number of carbonyl (C=O) groups is 1. The highest BCUT2D eigenvalue weighted by molar-refractivity contribution is 6.10. The van der Waals surface area contributed by atoms with Gasteiger partial charge in [-0.25, -0.2) is 14.5 Å². The van der Waals surface area contributed by atoms with Crippen LogP contribution in [0.2, 0.25) is 0 Å². The molecule has 4 aromatic heterocycles. The minimum absolute atomic E-state index is 0.178. The lowest BCUT2D eigenvalue weighted by Crippen LogP contribution is -2.46. The van der Waals surface area contributed by atoms with Crippen LogP contribution in [0.5, 0.6) is 5.88 Å². The Morgan fingerprint density at radius 3 is 2.56 bits per heavy atom. The van der Waals surface area contributed by atoms with E-state index in [1.807, 2.05) is 49.8 Å². The number of hydrogen-bond donors (Lipinski definition) is 3. The Bertz CT molecular complexity index is 1540. The van der Waals surface area contributed by atoms with Gasteiger partial charge in [0.25, 0.3) is 5.91 Å². The maximum Gasteiger partial charge on any atom is 0.255 e. The van der Waals surface area contributed by atoms with E-state index in [0.29, 0.717) is 29.1 Å². The predicted molar refractivity (Wildman–Crippen MR) is 161 cm³/mol. The van der Waals surface area contributed by atoms with Crippen molar-refractivity contribution in [1.82, 2.24) is 35.1 Å². The van der Waals surface area contributed by atoms with E-state index in [-0.39, 0.29) is 5.91 Å². The first kappa shape index (κ1) is 27.8. The molecule has 0 spiro atoms. The molecule has 1 aliphatic heterocycles. The molecular weight excluding hydrogens is 518 g/mol. The van der Waals surface area contributed by atoms with Crippen molar-refractivity contribution in [3.05, 3.63) is 78.0 Å². The maximum atomic E-state index is 12.9. The maximum absolute atomic E-state index is 12.9. The van der Waals surface area contributed by atoms with Crippen LogP contribution in [-0.4, -0.2) is 83.5 Å². The van der Waals surface area contributed by atoms with Crippen LogP contribution in [0.15, 0.2) is 61.3 Å². The third-order valence-corrected chi connectivity index (χ3v) is 7.15. The number of carbonyl (C=O) groups excluding carboxylic acids is 1. The molecule has 1 saturated heterocycles. The van der Waals surface area contributed by atoms with Crippen LogP contribution in [0.3, 0.4) is 0 Å². The van der Waals surface area contributed by atoms with Crippen molar-refractivity contribution in [2.24, 2.45) is 0 Å². The molecule has 0 aliphatic carbocycles. The fraction of sp³-hybridized carbons (Fsp3) is 0.300. The van der Waals surface area contributed by atoms with E-state index >= 15 is 0 Å². The van der Waals surface area contributed by atoms with Crippen molar-refractivity contribution in [2.45, 2.75) is 13.5 Å². The standard InChI is InChI=1S/C30H35N9O2/c1-4-33-30(40)26-18-36-39-20-23(24(14-31)16-32-2)13-25(29(26)39)22-6-7-27(34-17-22)38-11-9-37(10-12-38)19-21-5-8-28(41-3)35-15-21/h5-8,13-18,20,31-32H,4,9-12,19H2,1-3H3,(H,33,40)/b24-16+,31-14?. The minimum Gasteiger partial charge on any atom is -0.481 e. The fourth-order valence-corrected chi connectivity index (χ4v) is 5.04. The highest BCUT2D eigenvalue weighted by atomic mass is 16.5. The van der Waals surface area contributed by atoms with E-state index in [1.165, 1.54) is 6.21 Å². The largest absolute Gasteiger partial charge is 0.481 e. The number of aromatic nitrogens is 4. The normalized spacial score (nSPS) is 14.2. The first-order chi connectivity index (χ1) is 20.0. The number of nitrogens with one attached hydrogen (secondary N) is 3. The summed E-state index contributed by atoms with van der Waals surface area (Å²) in [7, 11) is 3.42. The van der Waals surface area contributed by atoms with Crippen molar-refractivity contribution in [2.75, 3.05) is 51.8 Å². The Balaban J connectivity index is 1.38. The second-order valence-electron chi connectivity index (χ2n) is 9.76. The summed E-state index contributed by atoms with van der Waals surface area (Å²) in [5, 5.41) is 18.2. The van der Waals surface area contributed by atoms with E-state index in [0.717, 1.165) is 60.8 Å². The first-order valence-corrected chi connectivity index (χ1v) is 13.6. The number of piperazine rings is 1. The molecule has 3 N–H and O–H groups in total. The lowest BCUT2D eigenvalue weighted by atomic mass is 10.00. The molecule has 0 aromatic carbocycles. The van der Waals surface area contributed by atoms with Crippen molar-refractivity contribution in [3.8, 4) is 17.0 Å². The van der Waals surface area contributed by atoms with Crippen molar-refractivity contribution < 1.29 is 9.53 Å². The van der Waals surface area contributed by atoms with Gasteiger partial charge < -0.3 is 25.7 Å². The summed E-state index contributed by atoms with van der Waals surface area (Å²) in [6, 6.07) is 10.0. The van der Waals surface area contributed by atoms with Gasteiger partial charge in [0.05, 0.1) is 24.4 Å². The van der Waals surface area contributed by atoms with E-state index in [1.54, 1.807) is 31.1 Å². The number of fused-ring (bicyclic) bond motifs is 1. The van der Waals surface area contributed by atoms with Crippen molar-refractivity contribution in [3.63, 3.8) is 0 Å². The summed E-state index contributed by atoms with van der Waals surface area (Å²) < 4.78 is 6.86. The van der Waals surface area contributed by atoms with Crippen molar-refractivity contribution >= 4 is 29.0 Å². The zero-order valence-corrected chi connectivity index (χ0v) is 23.6. The summed E-state index contributed by atoms with van der Waals surface area (Å²) in [6.45, 7) is 6.85. The van der Waals surface area contributed by atoms with Gasteiger partial charge in [-0.2, -0.15) is 5.10 Å². The van der Waals surface area contributed by atoms with Gasteiger partial charge in [-0.15, -0.1) is 0 Å². The van der Waals surface area contributed by atoms with Crippen LogP contribution in [0, 0.1) is 5.41 Å². The SMILES string of the molecule is CCNC(=O)c1cnn2cc(/C(C=N)=C/NC)cc(-c3ccc(N4CCN(Cc5ccc(OC)nc5)CC4)nc3)c12. The monoisotopic (exact) mass is 553 g/mol. The number of pyridine rings is 3. The number of anilines is 1. The Kier molecular flexibility index (Phi) is 8.54. The van der Waals surface area contributed by atoms with Gasteiger partial charge in [-0.1, -0.05) is 6.07 Å².